The quantitative estimate of drug-likeness (QED) is 0.938. The Kier molecular flexibility index (Phi) is 3.75. The van der Waals surface area contributed by atoms with E-state index in [1.807, 2.05) is 25.1 Å². The second kappa shape index (κ2) is 5.29. The minimum absolute atomic E-state index is 0.186. The zero-order valence-electron chi connectivity index (χ0n) is 9.18. The first kappa shape index (κ1) is 12.1. The minimum Gasteiger partial charge on any atom is -0.493 e. The maximum absolute atomic E-state index is 8.88. The summed E-state index contributed by atoms with van der Waals surface area (Å²) in [5.74, 6) is 1.27. The van der Waals surface area contributed by atoms with Crippen molar-refractivity contribution in [3.63, 3.8) is 0 Å². The molecule has 0 spiro atoms. The fourth-order valence-corrected chi connectivity index (χ4v) is 1.72. The maximum atomic E-state index is 8.88. The maximum Gasteiger partial charge on any atom is 0.252 e. The fourth-order valence-electron chi connectivity index (χ4n) is 1.38. The minimum atomic E-state index is -0.270. The van der Waals surface area contributed by atoms with Crippen LogP contribution in [0.25, 0.3) is 11.4 Å². The molecule has 0 radical (unpaired) electrons. The molecule has 1 aromatic carbocycles. The van der Waals surface area contributed by atoms with E-state index in [-0.39, 0.29) is 12.5 Å². The zero-order chi connectivity index (χ0) is 12.3. The molecule has 0 unspecified atom stereocenters. The molecule has 0 fully saturated rings. The summed E-state index contributed by atoms with van der Waals surface area (Å²) in [6, 6.07) is 5.54. The third kappa shape index (κ3) is 2.65. The van der Waals surface area contributed by atoms with Gasteiger partial charge in [0.2, 0.25) is 5.82 Å². The van der Waals surface area contributed by atoms with Gasteiger partial charge < -0.3 is 14.4 Å². The third-order valence-electron chi connectivity index (χ3n) is 2.09. The van der Waals surface area contributed by atoms with Crippen LogP contribution in [0, 0.1) is 0 Å². The molecule has 2 aromatic rings. The smallest absolute Gasteiger partial charge is 0.252 e. The highest BCUT2D eigenvalue weighted by Crippen LogP contribution is 2.30. The van der Waals surface area contributed by atoms with Gasteiger partial charge >= 0.3 is 0 Å². The van der Waals surface area contributed by atoms with E-state index < -0.39 is 0 Å². The van der Waals surface area contributed by atoms with E-state index >= 15 is 0 Å². The molecule has 0 aliphatic rings. The Bertz CT molecular complexity index is 513. The number of benzene rings is 1. The molecule has 1 aromatic heterocycles. The number of aliphatic hydroxyl groups excluding tert-OH is 1. The summed E-state index contributed by atoms with van der Waals surface area (Å²) in [7, 11) is 0. The Hall–Kier alpha value is -1.40. The SMILES string of the molecule is CCOc1cc(Br)ccc1-c1noc(CO)n1. The summed E-state index contributed by atoms with van der Waals surface area (Å²) in [6.07, 6.45) is 0. The van der Waals surface area contributed by atoms with Crippen molar-refractivity contribution < 1.29 is 14.4 Å². The molecule has 1 N–H and O–H groups in total. The highest BCUT2D eigenvalue weighted by atomic mass is 79.9. The van der Waals surface area contributed by atoms with Gasteiger partial charge in [0.05, 0.1) is 12.2 Å². The van der Waals surface area contributed by atoms with E-state index in [1.165, 1.54) is 0 Å². The standard InChI is InChI=1S/C11H11BrN2O3/c1-2-16-9-5-7(12)3-4-8(9)11-13-10(6-15)17-14-11/h3-5,15H,2,6H2,1H3. The number of hydrogen-bond donors (Lipinski definition) is 1. The molecule has 0 amide bonds. The van der Waals surface area contributed by atoms with Gasteiger partial charge in [-0.05, 0) is 25.1 Å². The number of nitrogens with zero attached hydrogens (tertiary/aromatic N) is 2. The summed E-state index contributed by atoms with van der Waals surface area (Å²) in [4.78, 5) is 4.05. The van der Waals surface area contributed by atoms with Crippen molar-refractivity contribution in [2.45, 2.75) is 13.5 Å². The lowest BCUT2D eigenvalue weighted by molar-refractivity contribution is 0.222. The van der Waals surface area contributed by atoms with Crippen LogP contribution < -0.4 is 4.74 Å². The van der Waals surface area contributed by atoms with Gasteiger partial charge in [0, 0.05) is 4.47 Å². The van der Waals surface area contributed by atoms with Gasteiger partial charge in [-0.1, -0.05) is 21.1 Å². The second-order valence-electron chi connectivity index (χ2n) is 3.24. The van der Waals surface area contributed by atoms with E-state index in [0.29, 0.717) is 18.2 Å². The lowest BCUT2D eigenvalue weighted by Gasteiger charge is -2.07. The molecule has 0 aliphatic heterocycles. The Morgan fingerprint density at radius 3 is 2.94 bits per heavy atom. The molecule has 90 valence electrons. The Balaban J connectivity index is 2.42. The fraction of sp³-hybridized carbons (Fsp3) is 0.273. The molecule has 0 aliphatic carbocycles. The van der Waals surface area contributed by atoms with E-state index in [1.54, 1.807) is 0 Å². The van der Waals surface area contributed by atoms with Crippen molar-refractivity contribution in [1.82, 2.24) is 10.1 Å². The van der Waals surface area contributed by atoms with Crippen LogP contribution in [-0.2, 0) is 6.61 Å². The number of ether oxygens (including phenoxy) is 1. The average Bonchev–Trinajstić information content (AvgIpc) is 2.78. The third-order valence-corrected chi connectivity index (χ3v) is 2.58. The van der Waals surface area contributed by atoms with E-state index in [2.05, 4.69) is 26.1 Å². The van der Waals surface area contributed by atoms with Crippen molar-refractivity contribution in [3.05, 3.63) is 28.6 Å². The highest BCUT2D eigenvalue weighted by molar-refractivity contribution is 9.10. The number of rotatable bonds is 4. The normalized spacial score (nSPS) is 10.5. The molecule has 17 heavy (non-hydrogen) atoms. The molecule has 6 heteroatoms. The van der Waals surface area contributed by atoms with Gasteiger partial charge in [-0.25, -0.2) is 0 Å². The van der Waals surface area contributed by atoms with Crippen molar-refractivity contribution in [3.8, 4) is 17.1 Å². The Morgan fingerprint density at radius 1 is 1.47 bits per heavy atom. The predicted octanol–water partition coefficient (Wildman–Crippen LogP) is 2.39. The van der Waals surface area contributed by atoms with Gasteiger partial charge in [-0.15, -0.1) is 0 Å². The van der Waals surface area contributed by atoms with E-state index in [4.69, 9.17) is 14.4 Å². The average molecular weight is 299 g/mol. The van der Waals surface area contributed by atoms with Gasteiger partial charge in [-0.2, -0.15) is 4.98 Å². The van der Waals surface area contributed by atoms with Crippen LogP contribution in [0.15, 0.2) is 27.2 Å². The number of aliphatic hydroxyl groups is 1. The van der Waals surface area contributed by atoms with E-state index in [0.717, 1.165) is 10.0 Å². The Labute approximate surface area is 107 Å². The molecule has 0 bridgehead atoms. The zero-order valence-corrected chi connectivity index (χ0v) is 10.8. The first-order valence-electron chi connectivity index (χ1n) is 5.10. The topological polar surface area (TPSA) is 68.4 Å². The summed E-state index contributed by atoms with van der Waals surface area (Å²) in [6.45, 7) is 2.18. The molecule has 0 saturated heterocycles. The molecule has 1 heterocycles. The summed E-state index contributed by atoms with van der Waals surface area (Å²) >= 11 is 3.37. The second-order valence-corrected chi connectivity index (χ2v) is 4.16. The Morgan fingerprint density at radius 2 is 2.29 bits per heavy atom. The van der Waals surface area contributed by atoms with Crippen molar-refractivity contribution >= 4 is 15.9 Å². The van der Waals surface area contributed by atoms with Crippen molar-refractivity contribution in [1.29, 1.82) is 0 Å². The molecule has 2 rings (SSSR count). The molecular formula is C11H11BrN2O3. The van der Waals surface area contributed by atoms with Crippen LogP contribution in [0.3, 0.4) is 0 Å². The predicted molar refractivity (Wildman–Crippen MR) is 64.5 cm³/mol. The molecule has 5 nitrogen and oxygen atoms in total. The lowest BCUT2D eigenvalue weighted by Crippen LogP contribution is -1.95. The van der Waals surface area contributed by atoms with Gasteiger partial charge in [0.15, 0.2) is 0 Å². The first-order chi connectivity index (χ1) is 8.24. The number of hydrogen-bond acceptors (Lipinski definition) is 5. The summed E-state index contributed by atoms with van der Waals surface area (Å²) in [5, 5.41) is 12.7. The summed E-state index contributed by atoms with van der Waals surface area (Å²) in [5.41, 5.74) is 0.735. The largest absolute Gasteiger partial charge is 0.493 e. The van der Waals surface area contributed by atoms with Crippen molar-refractivity contribution in [2.24, 2.45) is 0 Å². The van der Waals surface area contributed by atoms with Crippen LogP contribution in [0.4, 0.5) is 0 Å². The van der Waals surface area contributed by atoms with Gasteiger partial charge in [-0.3, -0.25) is 0 Å². The van der Waals surface area contributed by atoms with Gasteiger partial charge in [0.25, 0.3) is 5.89 Å². The van der Waals surface area contributed by atoms with Crippen LogP contribution in [0.1, 0.15) is 12.8 Å². The highest BCUT2D eigenvalue weighted by Gasteiger charge is 2.13. The number of halogens is 1. The van der Waals surface area contributed by atoms with Crippen molar-refractivity contribution in [2.75, 3.05) is 6.61 Å². The molecular weight excluding hydrogens is 288 g/mol. The monoisotopic (exact) mass is 298 g/mol. The summed E-state index contributed by atoms with van der Waals surface area (Å²) < 4.78 is 11.3. The molecule has 0 saturated carbocycles. The number of aromatic nitrogens is 2. The molecule has 0 atom stereocenters. The van der Waals surface area contributed by atoms with Crippen LogP contribution >= 0.6 is 15.9 Å². The van der Waals surface area contributed by atoms with Gasteiger partial charge in [0.1, 0.15) is 12.4 Å². The first-order valence-corrected chi connectivity index (χ1v) is 5.90. The van der Waals surface area contributed by atoms with E-state index in [9.17, 15) is 0 Å². The van der Waals surface area contributed by atoms with Crippen LogP contribution in [0.2, 0.25) is 0 Å². The lowest BCUT2D eigenvalue weighted by atomic mass is 10.2. The van der Waals surface area contributed by atoms with Crippen LogP contribution in [-0.4, -0.2) is 21.9 Å². The van der Waals surface area contributed by atoms with Crippen LogP contribution in [0.5, 0.6) is 5.75 Å².